The summed E-state index contributed by atoms with van der Waals surface area (Å²) in [7, 11) is -4.24. The smallest absolute Gasteiger partial charge is 0.315 e. The Balaban J connectivity index is 0.768. The van der Waals surface area contributed by atoms with Gasteiger partial charge in [0, 0.05) is 81.0 Å². The number of carbonyl (C=O) groups is 4. The zero-order valence-electron chi connectivity index (χ0n) is 44.0. The first-order valence-electron chi connectivity index (χ1n) is 26.0. The van der Waals surface area contributed by atoms with Crippen LogP contribution in [0.2, 0.25) is 0 Å². The van der Waals surface area contributed by atoms with Gasteiger partial charge >= 0.3 is 16.2 Å². The van der Waals surface area contributed by atoms with Crippen LogP contribution in [0.5, 0.6) is 0 Å². The van der Waals surface area contributed by atoms with E-state index >= 15 is 8.78 Å². The molecule has 3 aliphatic rings. The zero-order chi connectivity index (χ0) is 55.6. The summed E-state index contributed by atoms with van der Waals surface area (Å²) in [5.41, 5.74) is 4.20. The minimum absolute atomic E-state index is 0.00963. The number of pyridine rings is 1. The summed E-state index contributed by atoms with van der Waals surface area (Å²) in [4.78, 5) is 72.9. The molecule has 0 bridgehead atoms. The van der Waals surface area contributed by atoms with Crippen molar-refractivity contribution in [2.75, 3.05) is 68.5 Å². The van der Waals surface area contributed by atoms with E-state index in [1.807, 2.05) is 65.0 Å². The zero-order valence-corrected chi connectivity index (χ0v) is 45.6. The monoisotopic (exact) mass is 1110 g/mol. The third kappa shape index (κ3) is 12.3. The van der Waals surface area contributed by atoms with Crippen LogP contribution in [0.25, 0.3) is 32.6 Å². The highest BCUT2D eigenvalue weighted by Gasteiger charge is 2.45. The number of aryl methyl sites for hydroxylation is 1. The molecule has 78 heavy (non-hydrogen) atoms. The molecule has 3 aliphatic heterocycles. The molecule has 0 aliphatic carbocycles. The number of rotatable bonds is 17. The standard InChI is InChI=1S/C55H64F3N11O7S2/c1-32(34-14-16-35(17-15-34)47-33(2)60-31-77-47)61-52(72)44-27-39(70)30-69(44)53(73)48(55(3,4)5)62-54(74)59-19-9-20-66-22-24-67(25-23-66)38-11-8-10-36(26-38)41-28-42-45(50(58)64-51(42)63-49(41)57)46(71)40-12-6-7-13-43(40)65-78(75,76)68-21-18-37(56)29-68/h6-8,10-17,26,28,31-32,37,39,44,48,65,70H,9,18-25,27,29-30H2,1-5H3,(H,61,72)(H,63,64)(H2,59,62,74)/t32-,37?,39+,44-,48?/m0/s1. The Kier molecular flexibility index (Phi) is 16.6. The fourth-order valence-corrected chi connectivity index (χ4v) is 12.4. The van der Waals surface area contributed by atoms with Gasteiger partial charge < -0.3 is 35.8 Å². The largest absolute Gasteiger partial charge is 0.391 e. The number of benzene rings is 3. The van der Waals surface area contributed by atoms with Crippen molar-refractivity contribution in [3.05, 3.63) is 119 Å². The normalized spacial score (nSPS) is 19.2. The van der Waals surface area contributed by atoms with E-state index in [0.717, 1.165) is 31.7 Å². The highest BCUT2D eigenvalue weighted by atomic mass is 32.2. The van der Waals surface area contributed by atoms with Gasteiger partial charge in [0.1, 0.15) is 23.9 Å². The molecule has 3 aromatic carbocycles. The number of aromatic nitrogens is 3. The number of likely N-dealkylation sites (tertiary alicyclic amines) is 1. The lowest BCUT2D eigenvalue weighted by atomic mass is 9.85. The number of H-pyrrole nitrogens is 1. The number of nitrogens with one attached hydrogen (secondary N) is 5. The van der Waals surface area contributed by atoms with Gasteiger partial charge in [0.25, 0.3) is 0 Å². The fourth-order valence-electron chi connectivity index (χ4n) is 10.3. The molecule has 3 fully saturated rings. The van der Waals surface area contributed by atoms with Crippen molar-refractivity contribution in [1.82, 2.24) is 45.0 Å². The van der Waals surface area contributed by atoms with Crippen LogP contribution < -0.4 is 25.6 Å². The quantitative estimate of drug-likeness (QED) is 0.0312. The Labute approximate surface area is 455 Å². The van der Waals surface area contributed by atoms with Crippen LogP contribution in [0.1, 0.15) is 80.2 Å². The molecule has 9 rings (SSSR count). The third-order valence-electron chi connectivity index (χ3n) is 14.6. The minimum Gasteiger partial charge on any atom is -0.391 e. The Morgan fingerprint density at radius 3 is 2.36 bits per heavy atom. The SMILES string of the molecule is Cc1ncsc1-c1ccc([C@H](C)NC(=O)[C@@H]2C[C@@H](O)CN2C(=O)C(NC(=O)NCCCN2CCN(c3cccc(-c4cc5c(C(=O)c6ccccc6NS(=O)(=O)N6CCC(F)C6)c(F)[nH]c5nc4F)c3)CC2)C(C)(C)C)cc1. The van der Waals surface area contributed by atoms with Crippen molar-refractivity contribution in [3.8, 4) is 21.6 Å². The number of fused-ring (bicyclic) bond motifs is 1. The number of aromatic amines is 1. The lowest BCUT2D eigenvalue weighted by Gasteiger charge is -2.36. The van der Waals surface area contributed by atoms with Crippen molar-refractivity contribution >= 4 is 67.6 Å². The van der Waals surface area contributed by atoms with Gasteiger partial charge in [-0.2, -0.15) is 21.5 Å². The van der Waals surface area contributed by atoms with Crippen LogP contribution in [0.15, 0.2) is 84.4 Å². The van der Waals surface area contributed by atoms with E-state index < -0.39 is 81.1 Å². The molecule has 23 heteroatoms. The number of carbonyl (C=O) groups excluding carboxylic acids is 4. The molecule has 6 aromatic rings. The number of urea groups is 1. The lowest BCUT2D eigenvalue weighted by molar-refractivity contribution is -0.142. The number of halogens is 3. The predicted molar refractivity (Wildman–Crippen MR) is 293 cm³/mol. The van der Waals surface area contributed by atoms with Crippen molar-refractivity contribution in [2.24, 2.45) is 5.41 Å². The van der Waals surface area contributed by atoms with Gasteiger partial charge in [0.05, 0.1) is 39.5 Å². The minimum atomic E-state index is -4.24. The highest BCUT2D eigenvalue weighted by molar-refractivity contribution is 7.90. The molecule has 6 N–H and O–H groups in total. The summed E-state index contributed by atoms with van der Waals surface area (Å²) >= 11 is 1.56. The summed E-state index contributed by atoms with van der Waals surface area (Å²) in [6.07, 6.45) is -1.51. The predicted octanol–water partition coefficient (Wildman–Crippen LogP) is 6.94. The number of alkyl halides is 1. The Hall–Kier alpha value is -6.92. The average Bonchev–Trinajstić information content (AvgIpc) is 4.24. The number of amides is 4. The second kappa shape index (κ2) is 23.2. The first-order chi connectivity index (χ1) is 37.1. The van der Waals surface area contributed by atoms with Gasteiger partial charge in [0.2, 0.25) is 23.7 Å². The number of piperazine rings is 1. The van der Waals surface area contributed by atoms with E-state index in [4.69, 9.17) is 0 Å². The number of anilines is 2. The molecule has 414 valence electrons. The first kappa shape index (κ1) is 55.8. The maximum atomic E-state index is 15.8. The maximum absolute atomic E-state index is 15.8. The number of aliphatic hydroxyl groups excluding tert-OH is 1. The number of hydrogen-bond donors (Lipinski definition) is 6. The van der Waals surface area contributed by atoms with Gasteiger partial charge in [-0.15, -0.1) is 11.3 Å². The average molecular weight is 1110 g/mol. The van der Waals surface area contributed by atoms with E-state index in [-0.39, 0.29) is 66.4 Å². The van der Waals surface area contributed by atoms with E-state index in [1.165, 1.54) is 35.2 Å². The number of nitrogens with zero attached hydrogens (tertiary/aromatic N) is 6. The van der Waals surface area contributed by atoms with Crippen LogP contribution in [0, 0.1) is 24.2 Å². The third-order valence-corrected chi connectivity index (χ3v) is 17.1. The van der Waals surface area contributed by atoms with Gasteiger partial charge in [-0.1, -0.05) is 69.3 Å². The fraction of sp³-hybridized carbons (Fsp3) is 0.418. The topological polar surface area (TPSA) is 225 Å². The van der Waals surface area contributed by atoms with Gasteiger partial charge in [0.15, 0.2) is 5.78 Å². The molecular weight excluding hydrogens is 1050 g/mol. The molecule has 0 spiro atoms. The highest BCUT2D eigenvalue weighted by Crippen LogP contribution is 2.35. The van der Waals surface area contributed by atoms with Crippen LogP contribution in [-0.2, 0) is 19.8 Å². The molecule has 0 radical (unpaired) electrons. The van der Waals surface area contributed by atoms with Crippen LogP contribution in [-0.4, -0.2) is 149 Å². The summed E-state index contributed by atoms with van der Waals surface area (Å²) in [5.74, 6) is -3.71. The number of aliphatic hydroxyl groups is 1. The van der Waals surface area contributed by atoms with Gasteiger partial charge in [-0.05, 0) is 85.7 Å². The molecule has 0 saturated carbocycles. The number of ketones is 1. The van der Waals surface area contributed by atoms with E-state index in [1.54, 1.807) is 35.0 Å². The van der Waals surface area contributed by atoms with Crippen LogP contribution in [0.3, 0.4) is 0 Å². The molecule has 3 saturated heterocycles. The van der Waals surface area contributed by atoms with Crippen molar-refractivity contribution in [3.63, 3.8) is 0 Å². The number of para-hydroxylation sites is 1. The molecule has 18 nitrogen and oxygen atoms in total. The van der Waals surface area contributed by atoms with E-state index in [0.29, 0.717) is 51.3 Å². The maximum Gasteiger partial charge on any atom is 0.315 e. The second-order valence-electron chi connectivity index (χ2n) is 21.2. The number of thiazole rings is 1. The summed E-state index contributed by atoms with van der Waals surface area (Å²) in [6, 6.07) is 19.2. The van der Waals surface area contributed by atoms with E-state index in [9.17, 15) is 37.1 Å². The van der Waals surface area contributed by atoms with Crippen molar-refractivity contribution in [2.45, 2.75) is 84.3 Å². The van der Waals surface area contributed by atoms with E-state index in [2.05, 4.69) is 45.4 Å². The lowest BCUT2D eigenvalue weighted by Crippen LogP contribution is -2.59. The molecule has 2 unspecified atom stereocenters. The Morgan fingerprint density at radius 2 is 1.67 bits per heavy atom. The first-order valence-corrected chi connectivity index (χ1v) is 28.3. The molecule has 4 amide bonds. The van der Waals surface area contributed by atoms with Crippen molar-refractivity contribution in [1.29, 1.82) is 0 Å². The van der Waals surface area contributed by atoms with Crippen LogP contribution >= 0.6 is 11.3 Å². The molecule has 5 atom stereocenters. The summed E-state index contributed by atoms with van der Waals surface area (Å²) in [5, 5.41) is 19.5. The van der Waals surface area contributed by atoms with Gasteiger partial charge in [-0.3, -0.25) is 24.0 Å². The van der Waals surface area contributed by atoms with Crippen LogP contribution in [0.4, 0.5) is 29.3 Å². The Morgan fingerprint density at radius 1 is 0.923 bits per heavy atom. The molecule has 3 aromatic heterocycles. The summed E-state index contributed by atoms with van der Waals surface area (Å²) < 4.78 is 74.8. The van der Waals surface area contributed by atoms with Gasteiger partial charge in [-0.25, -0.2) is 19.2 Å². The number of hydrogen-bond acceptors (Lipinski definition) is 12. The van der Waals surface area contributed by atoms with Crippen molar-refractivity contribution < 1.29 is 45.9 Å². The Bertz CT molecular complexity index is 3310. The molecule has 6 heterocycles. The number of β-amino-alcohol motifs (C(OH)–C–C–N with tert-alkyl or cyclic N) is 1. The molecular formula is C55H64F3N11O7S2. The summed E-state index contributed by atoms with van der Waals surface area (Å²) in [6.45, 7) is 12.5. The second-order valence-corrected chi connectivity index (χ2v) is 23.7.